The van der Waals surface area contributed by atoms with Gasteiger partial charge in [0.05, 0.1) is 10.7 Å². The summed E-state index contributed by atoms with van der Waals surface area (Å²) < 4.78 is 39.2. The highest BCUT2D eigenvalue weighted by atomic mass is 35.5. The van der Waals surface area contributed by atoms with Crippen molar-refractivity contribution in [3.63, 3.8) is 0 Å². The van der Waals surface area contributed by atoms with Crippen LogP contribution in [0.5, 0.6) is 0 Å². The first-order valence-electron chi connectivity index (χ1n) is 5.44. The molecule has 2 N–H and O–H groups in total. The zero-order chi connectivity index (χ0) is 14.7. The summed E-state index contributed by atoms with van der Waals surface area (Å²) in [5, 5.41) is 4.28. The topological polar surface area (TPSA) is 41.1 Å². The molecule has 0 radical (unpaired) electrons. The Kier molecular flexibility index (Phi) is 4.14. The second-order valence-electron chi connectivity index (χ2n) is 3.83. The summed E-state index contributed by atoms with van der Waals surface area (Å²) in [6.07, 6.45) is 0. The van der Waals surface area contributed by atoms with Crippen molar-refractivity contribution in [1.29, 1.82) is 0 Å². The number of nitrogens with one attached hydrogen (secondary N) is 2. The first-order valence-corrected chi connectivity index (χ1v) is 5.81. The molecule has 0 unspecified atom stereocenters. The lowest BCUT2D eigenvalue weighted by Gasteiger charge is -2.09. The standard InChI is InChI=1S/C13H8ClF3N2O/c14-9-6-8(2-4-10(9)16)18-13(20)19-12-5-7(15)1-3-11(12)17/h1-6H,(H2,18,19,20). The molecule has 2 amide bonds. The molecule has 0 saturated heterocycles. The van der Waals surface area contributed by atoms with E-state index in [2.05, 4.69) is 10.6 Å². The molecule has 0 aromatic heterocycles. The fourth-order valence-electron chi connectivity index (χ4n) is 1.45. The average Bonchev–Trinajstić information content (AvgIpc) is 2.38. The van der Waals surface area contributed by atoms with Crippen LogP contribution in [0.2, 0.25) is 5.02 Å². The lowest BCUT2D eigenvalue weighted by Crippen LogP contribution is -2.20. The van der Waals surface area contributed by atoms with Crippen LogP contribution in [0.1, 0.15) is 0 Å². The molecule has 3 nitrogen and oxygen atoms in total. The molecule has 0 aliphatic heterocycles. The van der Waals surface area contributed by atoms with E-state index in [9.17, 15) is 18.0 Å². The van der Waals surface area contributed by atoms with Crippen LogP contribution in [-0.4, -0.2) is 6.03 Å². The molecule has 2 rings (SSSR count). The second-order valence-corrected chi connectivity index (χ2v) is 4.24. The largest absolute Gasteiger partial charge is 0.323 e. The molecule has 2 aromatic carbocycles. The zero-order valence-corrected chi connectivity index (χ0v) is 10.6. The number of benzene rings is 2. The normalized spacial score (nSPS) is 10.2. The third kappa shape index (κ3) is 3.42. The van der Waals surface area contributed by atoms with Crippen LogP contribution in [0, 0.1) is 17.5 Å². The molecule has 0 atom stereocenters. The fourth-order valence-corrected chi connectivity index (χ4v) is 1.63. The summed E-state index contributed by atoms with van der Waals surface area (Å²) in [5.41, 5.74) is -0.0959. The summed E-state index contributed by atoms with van der Waals surface area (Å²) >= 11 is 5.55. The van der Waals surface area contributed by atoms with Crippen molar-refractivity contribution < 1.29 is 18.0 Å². The van der Waals surface area contributed by atoms with Crippen molar-refractivity contribution in [3.8, 4) is 0 Å². The van der Waals surface area contributed by atoms with E-state index in [0.29, 0.717) is 0 Å². The molecule has 7 heteroatoms. The van der Waals surface area contributed by atoms with Crippen LogP contribution in [0.25, 0.3) is 0 Å². The number of hydrogen-bond acceptors (Lipinski definition) is 1. The smallest absolute Gasteiger partial charge is 0.308 e. The first kappa shape index (κ1) is 14.2. The number of rotatable bonds is 2. The predicted molar refractivity (Wildman–Crippen MR) is 70.4 cm³/mol. The maximum Gasteiger partial charge on any atom is 0.323 e. The summed E-state index contributed by atoms with van der Waals surface area (Å²) in [6, 6.07) is 5.39. The van der Waals surface area contributed by atoms with Gasteiger partial charge in [0.1, 0.15) is 17.5 Å². The van der Waals surface area contributed by atoms with Crippen LogP contribution in [-0.2, 0) is 0 Å². The minimum Gasteiger partial charge on any atom is -0.308 e. The second kappa shape index (κ2) is 5.83. The molecule has 0 spiro atoms. The highest BCUT2D eigenvalue weighted by Crippen LogP contribution is 2.20. The van der Waals surface area contributed by atoms with Crippen molar-refractivity contribution in [2.75, 3.05) is 10.6 Å². The minimum atomic E-state index is -0.808. The van der Waals surface area contributed by atoms with E-state index in [1.807, 2.05) is 0 Å². The number of carbonyl (C=O) groups is 1. The average molecular weight is 301 g/mol. The quantitative estimate of drug-likeness (QED) is 0.848. The van der Waals surface area contributed by atoms with Crippen molar-refractivity contribution in [3.05, 3.63) is 58.9 Å². The van der Waals surface area contributed by atoms with Gasteiger partial charge in [-0.3, -0.25) is 0 Å². The zero-order valence-electron chi connectivity index (χ0n) is 9.88. The van der Waals surface area contributed by atoms with Gasteiger partial charge in [-0.2, -0.15) is 0 Å². The Balaban J connectivity index is 2.09. The van der Waals surface area contributed by atoms with Crippen molar-refractivity contribution in [1.82, 2.24) is 0 Å². The molecular weight excluding hydrogens is 293 g/mol. The molecule has 0 saturated carbocycles. The molecule has 0 aliphatic carbocycles. The molecule has 104 valence electrons. The third-order valence-electron chi connectivity index (χ3n) is 2.35. The summed E-state index contributed by atoms with van der Waals surface area (Å²) in [7, 11) is 0. The number of hydrogen-bond donors (Lipinski definition) is 2. The van der Waals surface area contributed by atoms with E-state index in [1.165, 1.54) is 12.1 Å². The van der Waals surface area contributed by atoms with Crippen LogP contribution in [0.4, 0.5) is 29.3 Å². The number of anilines is 2. The van der Waals surface area contributed by atoms with Crippen molar-refractivity contribution in [2.45, 2.75) is 0 Å². The Labute approximate surface area is 117 Å². The molecular formula is C13H8ClF3N2O. The molecule has 20 heavy (non-hydrogen) atoms. The third-order valence-corrected chi connectivity index (χ3v) is 2.64. The Morgan fingerprint density at radius 1 is 0.950 bits per heavy atom. The molecule has 2 aromatic rings. The first-order chi connectivity index (χ1) is 9.45. The van der Waals surface area contributed by atoms with Crippen molar-refractivity contribution in [2.24, 2.45) is 0 Å². The maximum atomic E-state index is 13.3. The lowest BCUT2D eigenvalue weighted by atomic mass is 10.3. The van der Waals surface area contributed by atoms with Gasteiger partial charge in [0.15, 0.2) is 0 Å². The van der Waals surface area contributed by atoms with Gasteiger partial charge in [0, 0.05) is 11.8 Å². The number of urea groups is 1. The molecule has 0 heterocycles. The highest BCUT2D eigenvalue weighted by molar-refractivity contribution is 6.31. The van der Waals surface area contributed by atoms with Gasteiger partial charge in [-0.05, 0) is 30.3 Å². The van der Waals surface area contributed by atoms with Gasteiger partial charge < -0.3 is 10.6 Å². The Hall–Kier alpha value is -2.21. The summed E-state index contributed by atoms with van der Waals surface area (Å²) in [6.45, 7) is 0. The number of halogens is 4. The van der Waals surface area contributed by atoms with Crippen LogP contribution >= 0.6 is 11.6 Å². The van der Waals surface area contributed by atoms with Crippen LogP contribution in [0.15, 0.2) is 36.4 Å². The van der Waals surface area contributed by atoms with E-state index < -0.39 is 23.5 Å². The molecule has 0 bridgehead atoms. The molecule has 0 fully saturated rings. The lowest BCUT2D eigenvalue weighted by molar-refractivity contribution is 0.262. The van der Waals surface area contributed by atoms with Gasteiger partial charge >= 0.3 is 6.03 Å². The van der Waals surface area contributed by atoms with Crippen LogP contribution in [0.3, 0.4) is 0 Å². The Morgan fingerprint density at radius 3 is 2.35 bits per heavy atom. The van der Waals surface area contributed by atoms with Crippen molar-refractivity contribution >= 4 is 29.0 Å². The van der Waals surface area contributed by atoms with E-state index in [-0.39, 0.29) is 16.4 Å². The monoisotopic (exact) mass is 300 g/mol. The van der Waals surface area contributed by atoms with E-state index in [1.54, 1.807) is 0 Å². The minimum absolute atomic E-state index is 0.167. The highest BCUT2D eigenvalue weighted by Gasteiger charge is 2.09. The maximum absolute atomic E-state index is 13.3. The number of amides is 2. The summed E-state index contributed by atoms with van der Waals surface area (Å²) in [5.74, 6) is -2.10. The van der Waals surface area contributed by atoms with Crippen LogP contribution < -0.4 is 10.6 Å². The molecule has 0 aliphatic rings. The van der Waals surface area contributed by atoms with Gasteiger partial charge in [-0.25, -0.2) is 18.0 Å². The Morgan fingerprint density at radius 2 is 1.65 bits per heavy atom. The van der Waals surface area contributed by atoms with Gasteiger partial charge in [-0.1, -0.05) is 11.6 Å². The Bertz CT molecular complexity index is 664. The predicted octanol–water partition coefficient (Wildman–Crippen LogP) is 4.40. The fraction of sp³-hybridized carbons (Fsp3) is 0. The van der Waals surface area contributed by atoms with Gasteiger partial charge in [-0.15, -0.1) is 0 Å². The summed E-state index contributed by atoms with van der Waals surface area (Å²) in [4.78, 5) is 11.6. The van der Waals surface area contributed by atoms with E-state index >= 15 is 0 Å². The van der Waals surface area contributed by atoms with E-state index in [4.69, 9.17) is 11.6 Å². The number of carbonyl (C=O) groups excluding carboxylic acids is 1. The van der Waals surface area contributed by atoms with Gasteiger partial charge in [0.25, 0.3) is 0 Å². The van der Waals surface area contributed by atoms with Gasteiger partial charge in [0.2, 0.25) is 0 Å². The van der Waals surface area contributed by atoms with E-state index in [0.717, 1.165) is 24.3 Å². The SMILES string of the molecule is O=C(Nc1ccc(F)c(Cl)c1)Nc1cc(F)ccc1F.